The summed E-state index contributed by atoms with van der Waals surface area (Å²) in [7, 11) is 0. The summed E-state index contributed by atoms with van der Waals surface area (Å²) in [6, 6.07) is 11.0. The predicted molar refractivity (Wildman–Crippen MR) is 97.4 cm³/mol. The number of nitrogens with one attached hydrogen (secondary N) is 1. The van der Waals surface area contributed by atoms with Crippen molar-refractivity contribution in [3.63, 3.8) is 0 Å². The van der Waals surface area contributed by atoms with E-state index < -0.39 is 29.2 Å². The molecule has 4 aromatic rings. The average molecular weight is 620 g/mol. The Kier molecular flexibility index (Phi) is 4.96. The molecule has 3 nitrogen and oxygen atoms in total. The fourth-order valence-corrected chi connectivity index (χ4v) is 3.85. The van der Waals surface area contributed by atoms with E-state index in [0.717, 1.165) is 29.3 Å². The fraction of sp³-hybridized carbons (Fsp3) is 0.0952. The van der Waals surface area contributed by atoms with Crippen LogP contribution in [-0.4, -0.2) is 4.98 Å². The molecule has 0 aliphatic carbocycles. The Morgan fingerprint density at radius 2 is 1.76 bits per heavy atom. The molecule has 0 saturated heterocycles. The standard InChI is InChI=1S/C21H12F4N3.U/c22-15-6-3-5-14(21(23,24)25)18(15)19-13-10-27-20-17(13)12(8-9-26-20)11-4-1-2-7-16(11)28-19;/h1-10,19,28H;/q-1;. The zero-order chi connectivity index (χ0) is 19.5. The van der Waals surface area contributed by atoms with Gasteiger partial charge < -0.3 is 15.3 Å². The first-order valence-corrected chi connectivity index (χ1v) is 8.57. The molecular formula is C21H12F4N3U-. The van der Waals surface area contributed by atoms with Gasteiger partial charge >= 0.3 is 6.18 Å². The summed E-state index contributed by atoms with van der Waals surface area (Å²) in [5.41, 5.74) is 1.64. The molecular weight excluding hydrogens is 608 g/mol. The van der Waals surface area contributed by atoms with E-state index in [2.05, 4.69) is 15.3 Å². The minimum absolute atomic E-state index is 0. The number of pyridine rings is 1. The number of halogens is 4. The Hall–Kier alpha value is -2.30. The Morgan fingerprint density at radius 3 is 2.55 bits per heavy atom. The maximum absolute atomic E-state index is 14.8. The van der Waals surface area contributed by atoms with Gasteiger partial charge in [0.1, 0.15) is 5.82 Å². The van der Waals surface area contributed by atoms with Crippen molar-refractivity contribution in [3.05, 3.63) is 83.4 Å². The summed E-state index contributed by atoms with van der Waals surface area (Å²) in [6.45, 7) is 0. The van der Waals surface area contributed by atoms with E-state index in [-0.39, 0.29) is 31.1 Å². The zero-order valence-corrected chi connectivity index (χ0v) is 18.9. The molecule has 29 heavy (non-hydrogen) atoms. The monoisotopic (exact) mass is 620 g/mol. The Labute approximate surface area is 186 Å². The number of hydrogen-bond donors (Lipinski definition) is 1. The SMILES string of the molecule is Fc1cccc(C(F)(F)F)c1C1Nc2ccccc2-c2ccnc3[n-]cc1c23.[U]. The molecule has 2 aromatic carbocycles. The van der Waals surface area contributed by atoms with Crippen LogP contribution in [0.1, 0.15) is 22.7 Å². The smallest absolute Gasteiger partial charge is 0.416 e. The number of anilines is 1. The van der Waals surface area contributed by atoms with Crippen molar-refractivity contribution in [1.29, 1.82) is 0 Å². The molecule has 1 aliphatic heterocycles. The van der Waals surface area contributed by atoms with Gasteiger partial charge in [-0.15, -0.1) is 0 Å². The average Bonchev–Trinajstić information content (AvgIpc) is 3.04. The molecule has 0 bridgehead atoms. The van der Waals surface area contributed by atoms with Crippen molar-refractivity contribution in [3.8, 4) is 11.1 Å². The summed E-state index contributed by atoms with van der Waals surface area (Å²) in [6.07, 6.45) is -1.62. The van der Waals surface area contributed by atoms with Gasteiger partial charge in [0.25, 0.3) is 0 Å². The first kappa shape index (κ1) is 20.0. The van der Waals surface area contributed by atoms with Gasteiger partial charge in [-0.3, -0.25) is 0 Å². The number of aromatic nitrogens is 2. The molecule has 5 rings (SSSR count). The van der Waals surface area contributed by atoms with Crippen LogP contribution in [0, 0.1) is 36.9 Å². The van der Waals surface area contributed by atoms with Crippen LogP contribution < -0.4 is 10.3 Å². The molecule has 0 saturated carbocycles. The van der Waals surface area contributed by atoms with Crippen LogP contribution in [0.15, 0.2) is 60.9 Å². The quantitative estimate of drug-likeness (QED) is 0.285. The van der Waals surface area contributed by atoms with Crippen LogP contribution in [0.2, 0.25) is 0 Å². The second kappa shape index (κ2) is 7.19. The van der Waals surface area contributed by atoms with Crippen molar-refractivity contribution in [2.45, 2.75) is 12.2 Å². The number of para-hydroxylation sites is 1. The van der Waals surface area contributed by atoms with Gasteiger partial charge in [-0.25, -0.2) is 4.39 Å². The molecule has 1 atom stereocenters. The molecule has 8 heteroatoms. The number of fused-ring (bicyclic) bond motifs is 2. The molecule has 2 aromatic heterocycles. The van der Waals surface area contributed by atoms with Crippen molar-refractivity contribution >= 4 is 16.7 Å². The molecule has 1 unspecified atom stereocenters. The largest absolute Gasteiger partial charge is 0.442 e. The van der Waals surface area contributed by atoms with E-state index in [1.165, 1.54) is 6.20 Å². The summed E-state index contributed by atoms with van der Waals surface area (Å²) in [4.78, 5) is 8.47. The van der Waals surface area contributed by atoms with E-state index in [1.54, 1.807) is 24.4 Å². The first-order chi connectivity index (χ1) is 13.4. The number of rotatable bonds is 1. The second-order valence-corrected chi connectivity index (χ2v) is 6.59. The van der Waals surface area contributed by atoms with E-state index >= 15 is 0 Å². The van der Waals surface area contributed by atoms with E-state index in [0.29, 0.717) is 22.3 Å². The topological polar surface area (TPSA) is 39.0 Å². The molecule has 144 valence electrons. The summed E-state index contributed by atoms with van der Waals surface area (Å²) in [5, 5.41) is 3.74. The minimum Gasteiger partial charge on any atom is -0.442 e. The maximum atomic E-state index is 14.8. The van der Waals surface area contributed by atoms with Gasteiger partial charge in [-0.1, -0.05) is 48.4 Å². The third kappa shape index (κ3) is 3.15. The summed E-state index contributed by atoms with van der Waals surface area (Å²) in [5.74, 6) is -0.925. The van der Waals surface area contributed by atoms with E-state index in [4.69, 9.17) is 0 Å². The number of nitrogens with zero attached hydrogens (tertiary/aromatic N) is 2. The van der Waals surface area contributed by atoms with Crippen LogP contribution in [0.3, 0.4) is 0 Å². The van der Waals surface area contributed by atoms with E-state index in [1.807, 2.05) is 12.1 Å². The first-order valence-electron chi connectivity index (χ1n) is 8.57. The Bertz CT molecular complexity index is 1220. The van der Waals surface area contributed by atoms with Crippen molar-refractivity contribution < 1.29 is 48.7 Å². The van der Waals surface area contributed by atoms with Gasteiger partial charge in [0.15, 0.2) is 0 Å². The number of benzene rings is 2. The molecule has 0 fully saturated rings. The van der Waals surface area contributed by atoms with Crippen LogP contribution >= 0.6 is 0 Å². The Balaban J connectivity index is 0.00000205. The van der Waals surface area contributed by atoms with Gasteiger partial charge in [0.05, 0.1) is 11.6 Å². The van der Waals surface area contributed by atoms with Gasteiger partial charge in [0, 0.05) is 47.9 Å². The minimum atomic E-state index is -4.69. The molecule has 1 N–H and O–H groups in total. The van der Waals surface area contributed by atoms with Crippen LogP contribution in [0.25, 0.3) is 22.2 Å². The van der Waals surface area contributed by atoms with Crippen LogP contribution in [0.5, 0.6) is 0 Å². The van der Waals surface area contributed by atoms with Crippen molar-refractivity contribution in [2.24, 2.45) is 0 Å². The van der Waals surface area contributed by atoms with Crippen molar-refractivity contribution in [1.82, 2.24) is 9.97 Å². The predicted octanol–water partition coefficient (Wildman–Crippen LogP) is 5.53. The molecule has 0 radical (unpaired) electrons. The molecule has 1 aliphatic rings. The van der Waals surface area contributed by atoms with Crippen molar-refractivity contribution in [2.75, 3.05) is 5.32 Å². The third-order valence-corrected chi connectivity index (χ3v) is 5.02. The fourth-order valence-electron chi connectivity index (χ4n) is 3.85. The molecule has 0 spiro atoms. The maximum Gasteiger partial charge on any atom is 0.416 e. The van der Waals surface area contributed by atoms with E-state index in [9.17, 15) is 17.6 Å². The summed E-state index contributed by atoms with van der Waals surface area (Å²) >= 11 is 0. The van der Waals surface area contributed by atoms with Gasteiger partial charge in [-0.2, -0.15) is 13.2 Å². The number of hydrogen-bond acceptors (Lipinski definition) is 2. The summed E-state index contributed by atoms with van der Waals surface area (Å²) < 4.78 is 55.8. The molecule has 0 amide bonds. The normalized spacial score (nSPS) is 15.2. The van der Waals surface area contributed by atoms with Crippen LogP contribution in [0.4, 0.5) is 23.2 Å². The van der Waals surface area contributed by atoms with Crippen LogP contribution in [-0.2, 0) is 6.18 Å². The van der Waals surface area contributed by atoms with Gasteiger partial charge in [-0.05, 0) is 34.7 Å². The zero-order valence-electron chi connectivity index (χ0n) is 14.8. The third-order valence-electron chi connectivity index (χ3n) is 5.02. The number of alkyl halides is 3. The Morgan fingerprint density at radius 1 is 0.966 bits per heavy atom. The van der Waals surface area contributed by atoms with Gasteiger partial charge in [0.2, 0.25) is 0 Å². The second-order valence-electron chi connectivity index (χ2n) is 6.59. The molecule has 3 heterocycles.